The molecule has 0 unspecified atom stereocenters. The first-order chi connectivity index (χ1) is 14.4. The summed E-state index contributed by atoms with van der Waals surface area (Å²) >= 11 is 0. The Kier molecular flexibility index (Phi) is 13.2. The molecule has 0 saturated heterocycles. The van der Waals surface area contributed by atoms with Gasteiger partial charge in [-0.15, -0.1) is 0 Å². The smallest absolute Gasteiger partial charge is 0.173 e. The summed E-state index contributed by atoms with van der Waals surface area (Å²) < 4.78 is 2.27. The second kappa shape index (κ2) is 16.2. The highest BCUT2D eigenvalue weighted by Gasteiger charge is 2.02. The second-order valence-electron chi connectivity index (χ2n) is 8.71. The second-order valence-corrected chi connectivity index (χ2v) is 8.71. The van der Waals surface area contributed by atoms with Crippen LogP contribution in [0.5, 0.6) is 0 Å². The monoisotopic (exact) mass is 394 g/mol. The maximum absolute atomic E-state index is 2.30. The molecule has 0 spiro atoms. The van der Waals surface area contributed by atoms with E-state index in [0.29, 0.717) is 0 Å². The van der Waals surface area contributed by atoms with Crippen LogP contribution >= 0.6 is 0 Å². The van der Waals surface area contributed by atoms with Crippen molar-refractivity contribution in [2.24, 2.45) is 0 Å². The minimum absolute atomic E-state index is 0.958. The van der Waals surface area contributed by atoms with Gasteiger partial charge in [0.15, 0.2) is 18.9 Å². The van der Waals surface area contributed by atoms with Crippen LogP contribution < -0.4 is 4.57 Å². The lowest BCUT2D eigenvalue weighted by Gasteiger charge is -2.04. The molecular weight excluding hydrogens is 350 g/mol. The normalized spacial score (nSPS) is 11.1. The molecule has 0 N–H and O–H groups in total. The Bertz CT molecular complexity index is 602. The summed E-state index contributed by atoms with van der Waals surface area (Å²) in [6.07, 6.45) is 25.7. The van der Waals surface area contributed by atoms with E-state index in [1.807, 2.05) is 0 Å². The Morgan fingerprint density at radius 2 is 1.00 bits per heavy atom. The van der Waals surface area contributed by atoms with Crippen molar-refractivity contribution in [1.82, 2.24) is 0 Å². The summed E-state index contributed by atoms with van der Waals surface area (Å²) in [4.78, 5) is 0. The maximum Gasteiger partial charge on any atom is 0.173 e. The van der Waals surface area contributed by atoms with E-state index in [0.717, 1.165) is 6.54 Å². The number of aromatic nitrogens is 1. The summed E-state index contributed by atoms with van der Waals surface area (Å²) in [5.74, 6) is 0. The number of rotatable bonds is 17. The average Bonchev–Trinajstić information content (AvgIpc) is 2.76. The lowest BCUT2D eigenvalue weighted by Crippen LogP contribution is -2.33. The fourth-order valence-electron chi connectivity index (χ4n) is 4.08. The van der Waals surface area contributed by atoms with Crippen LogP contribution in [0.3, 0.4) is 0 Å². The van der Waals surface area contributed by atoms with Crippen molar-refractivity contribution in [2.75, 3.05) is 0 Å². The van der Waals surface area contributed by atoms with E-state index in [1.165, 1.54) is 107 Å². The molecule has 0 saturated carbocycles. The predicted molar refractivity (Wildman–Crippen MR) is 126 cm³/mol. The van der Waals surface area contributed by atoms with Crippen molar-refractivity contribution >= 4 is 0 Å². The Hall–Kier alpha value is -1.63. The molecule has 0 amide bonds. The van der Waals surface area contributed by atoms with E-state index in [9.17, 15) is 0 Å². The number of benzene rings is 1. The van der Waals surface area contributed by atoms with Crippen LogP contribution in [0.2, 0.25) is 0 Å². The highest BCUT2D eigenvalue weighted by Crippen LogP contribution is 2.13. The Morgan fingerprint density at radius 3 is 1.52 bits per heavy atom. The van der Waals surface area contributed by atoms with Gasteiger partial charge in [-0.2, -0.15) is 0 Å². The van der Waals surface area contributed by atoms with Crippen molar-refractivity contribution < 1.29 is 4.57 Å². The third kappa shape index (κ3) is 11.8. The number of hydrogen-bond donors (Lipinski definition) is 0. The van der Waals surface area contributed by atoms with Crippen LogP contribution in [-0.4, -0.2) is 0 Å². The van der Waals surface area contributed by atoms with Crippen molar-refractivity contribution in [3.05, 3.63) is 66.0 Å². The first-order valence-electron chi connectivity index (χ1n) is 12.4. The van der Waals surface area contributed by atoms with Gasteiger partial charge >= 0.3 is 0 Å². The summed E-state index contributed by atoms with van der Waals surface area (Å²) in [7, 11) is 0. The van der Waals surface area contributed by atoms with E-state index < -0.39 is 0 Å². The van der Waals surface area contributed by atoms with Gasteiger partial charge in [-0.25, -0.2) is 4.57 Å². The number of unbranched alkanes of at least 4 members (excludes halogenated alkanes) is 13. The molecule has 0 fully saturated rings. The first kappa shape index (κ1) is 23.6. The molecule has 0 bridgehead atoms. The van der Waals surface area contributed by atoms with Crippen LogP contribution in [0.4, 0.5) is 0 Å². The SMILES string of the molecule is CCCCCCCCCCCCCCCCc1cc[n+](Cc2ccccc2)cc1. The molecule has 0 radical (unpaired) electrons. The lowest BCUT2D eigenvalue weighted by molar-refractivity contribution is -0.688. The molecule has 0 atom stereocenters. The van der Waals surface area contributed by atoms with Gasteiger partial charge in [0, 0.05) is 17.7 Å². The summed E-state index contributed by atoms with van der Waals surface area (Å²) in [5, 5.41) is 0. The highest BCUT2D eigenvalue weighted by molar-refractivity contribution is 5.13. The van der Waals surface area contributed by atoms with Crippen LogP contribution in [0, 0.1) is 0 Å². The zero-order valence-electron chi connectivity index (χ0n) is 19.0. The fraction of sp³-hybridized carbons (Fsp3) is 0.607. The zero-order valence-corrected chi connectivity index (χ0v) is 19.0. The molecular formula is C28H44N+. The van der Waals surface area contributed by atoms with Gasteiger partial charge in [0.1, 0.15) is 0 Å². The summed E-state index contributed by atoms with van der Waals surface area (Å²) in [6, 6.07) is 15.3. The van der Waals surface area contributed by atoms with Gasteiger partial charge < -0.3 is 0 Å². The number of pyridine rings is 1. The van der Waals surface area contributed by atoms with Crippen LogP contribution in [-0.2, 0) is 13.0 Å². The fourth-order valence-corrected chi connectivity index (χ4v) is 4.08. The summed E-state index contributed by atoms with van der Waals surface area (Å²) in [6.45, 7) is 3.25. The van der Waals surface area contributed by atoms with E-state index >= 15 is 0 Å². The highest BCUT2D eigenvalue weighted by atomic mass is 14.9. The van der Waals surface area contributed by atoms with Crippen LogP contribution in [0.1, 0.15) is 108 Å². The third-order valence-corrected chi connectivity index (χ3v) is 5.99. The molecule has 29 heavy (non-hydrogen) atoms. The zero-order chi connectivity index (χ0) is 20.4. The molecule has 1 aromatic carbocycles. The molecule has 1 heteroatoms. The topological polar surface area (TPSA) is 3.88 Å². The molecule has 1 heterocycles. The van der Waals surface area contributed by atoms with E-state index in [1.54, 1.807) is 0 Å². The molecule has 1 aromatic heterocycles. The maximum atomic E-state index is 2.30. The van der Waals surface area contributed by atoms with Gasteiger partial charge in [0.2, 0.25) is 0 Å². The van der Waals surface area contributed by atoms with Crippen LogP contribution in [0.15, 0.2) is 54.9 Å². The van der Waals surface area contributed by atoms with E-state index in [-0.39, 0.29) is 0 Å². The van der Waals surface area contributed by atoms with Crippen molar-refractivity contribution in [1.29, 1.82) is 0 Å². The lowest BCUT2D eigenvalue weighted by atomic mass is 10.0. The predicted octanol–water partition coefficient (Wildman–Crippen LogP) is 8.05. The van der Waals surface area contributed by atoms with E-state index in [2.05, 4.69) is 66.3 Å². The standard InChI is InChI=1S/C28H44N/c1-2-3-4-5-6-7-8-9-10-11-12-13-14-16-19-27-22-24-29(25-23-27)26-28-20-17-15-18-21-28/h15,17-18,20-25H,2-14,16,19,26H2,1H3/q+1. The van der Waals surface area contributed by atoms with Crippen LogP contribution in [0.25, 0.3) is 0 Å². The molecule has 0 aliphatic rings. The number of hydrogen-bond acceptors (Lipinski definition) is 0. The molecule has 0 aliphatic heterocycles. The largest absolute Gasteiger partial charge is 0.201 e. The Labute approximate surface area is 180 Å². The van der Waals surface area contributed by atoms with Crippen molar-refractivity contribution in [3.8, 4) is 0 Å². The Balaban J connectivity index is 1.41. The number of aryl methyl sites for hydroxylation is 1. The van der Waals surface area contributed by atoms with Gasteiger partial charge in [-0.05, 0) is 18.4 Å². The van der Waals surface area contributed by atoms with Gasteiger partial charge in [0.05, 0.1) is 0 Å². The molecule has 0 aliphatic carbocycles. The third-order valence-electron chi connectivity index (χ3n) is 5.99. The van der Waals surface area contributed by atoms with Gasteiger partial charge in [-0.1, -0.05) is 121 Å². The quantitative estimate of drug-likeness (QED) is 0.189. The summed E-state index contributed by atoms with van der Waals surface area (Å²) in [5.41, 5.74) is 2.84. The Morgan fingerprint density at radius 1 is 0.517 bits per heavy atom. The van der Waals surface area contributed by atoms with Gasteiger partial charge in [0.25, 0.3) is 0 Å². The molecule has 2 rings (SSSR count). The van der Waals surface area contributed by atoms with E-state index in [4.69, 9.17) is 0 Å². The molecule has 1 nitrogen and oxygen atoms in total. The first-order valence-corrected chi connectivity index (χ1v) is 12.4. The number of nitrogens with zero attached hydrogens (tertiary/aromatic N) is 1. The average molecular weight is 395 g/mol. The van der Waals surface area contributed by atoms with Crippen molar-refractivity contribution in [3.63, 3.8) is 0 Å². The minimum Gasteiger partial charge on any atom is -0.201 e. The van der Waals surface area contributed by atoms with Gasteiger partial charge in [-0.3, -0.25) is 0 Å². The molecule has 2 aromatic rings. The minimum atomic E-state index is 0.958. The molecule has 160 valence electrons. The van der Waals surface area contributed by atoms with Crippen molar-refractivity contribution in [2.45, 2.75) is 110 Å².